The minimum atomic E-state index is -3.15. The molecule has 1 unspecified atom stereocenters. The summed E-state index contributed by atoms with van der Waals surface area (Å²) in [5, 5.41) is 17.0. The molecule has 0 aliphatic carbocycles. The number of benzene rings is 2. The van der Waals surface area contributed by atoms with Crippen molar-refractivity contribution < 1.29 is 17.9 Å². The fraction of sp³-hybridized carbons (Fsp3) is 0.208. The van der Waals surface area contributed by atoms with Crippen LogP contribution < -0.4 is 10.1 Å². The Morgan fingerprint density at radius 3 is 2.55 bits per heavy atom. The predicted molar refractivity (Wildman–Crippen MR) is 124 cm³/mol. The molecule has 1 saturated heterocycles. The Bertz CT molecular complexity index is 1340. The number of hydrogen-bond acceptors (Lipinski definition) is 6. The first kappa shape index (κ1) is 22.3. The second-order valence-electron chi connectivity index (χ2n) is 7.68. The summed E-state index contributed by atoms with van der Waals surface area (Å²) in [6.45, 7) is 0. The number of para-hydroxylation sites is 1. The summed E-state index contributed by atoms with van der Waals surface area (Å²) in [6.07, 6.45) is 3.57. The van der Waals surface area contributed by atoms with Gasteiger partial charge in [-0.1, -0.05) is 18.2 Å². The van der Waals surface area contributed by atoms with Gasteiger partial charge in [-0.15, -0.1) is 0 Å². The van der Waals surface area contributed by atoms with Crippen LogP contribution in [0.1, 0.15) is 12.0 Å². The van der Waals surface area contributed by atoms with E-state index in [4.69, 9.17) is 4.74 Å². The Balaban J connectivity index is 1.70. The fourth-order valence-electron chi connectivity index (χ4n) is 3.66. The van der Waals surface area contributed by atoms with Crippen LogP contribution in [0.15, 0.2) is 66.4 Å². The van der Waals surface area contributed by atoms with E-state index in [1.807, 2.05) is 60.7 Å². The number of nitrogens with one attached hydrogen (secondary N) is 1. The van der Waals surface area contributed by atoms with E-state index in [9.17, 15) is 18.5 Å². The lowest BCUT2D eigenvalue weighted by Crippen LogP contribution is -2.36. The maximum atomic E-state index is 12.7. The van der Waals surface area contributed by atoms with Crippen molar-refractivity contribution in [2.45, 2.75) is 12.5 Å². The summed E-state index contributed by atoms with van der Waals surface area (Å²) >= 11 is 0. The minimum Gasteiger partial charge on any atom is -0.497 e. The number of nitrogens with zero attached hydrogens (tertiary/aromatic N) is 3. The van der Waals surface area contributed by atoms with Crippen molar-refractivity contribution in [1.82, 2.24) is 15.1 Å². The molecule has 1 N–H and O–H groups in total. The highest BCUT2D eigenvalue weighted by molar-refractivity contribution is 7.91. The number of methoxy groups -OCH3 is 1. The van der Waals surface area contributed by atoms with Crippen LogP contribution in [0.2, 0.25) is 0 Å². The van der Waals surface area contributed by atoms with Crippen molar-refractivity contribution in [2.75, 3.05) is 18.6 Å². The maximum Gasteiger partial charge on any atom is 0.262 e. The van der Waals surface area contributed by atoms with Crippen LogP contribution in [-0.2, 0) is 14.6 Å². The monoisotopic (exact) mass is 462 g/mol. The molecule has 0 radical (unpaired) electrons. The molecule has 1 aliphatic rings. The molecule has 33 heavy (non-hydrogen) atoms. The highest BCUT2D eigenvalue weighted by Crippen LogP contribution is 2.27. The number of nitriles is 1. The summed E-state index contributed by atoms with van der Waals surface area (Å²) in [7, 11) is -1.56. The molecule has 1 fully saturated rings. The zero-order chi connectivity index (χ0) is 23.4. The van der Waals surface area contributed by atoms with E-state index in [0.717, 1.165) is 11.3 Å². The van der Waals surface area contributed by atoms with Gasteiger partial charge in [0, 0.05) is 23.4 Å². The van der Waals surface area contributed by atoms with Crippen molar-refractivity contribution in [3.05, 3.63) is 71.9 Å². The summed E-state index contributed by atoms with van der Waals surface area (Å²) in [6, 6.07) is 18.2. The lowest BCUT2D eigenvalue weighted by molar-refractivity contribution is -0.117. The van der Waals surface area contributed by atoms with Gasteiger partial charge in [0.25, 0.3) is 5.91 Å². The molecule has 8 nitrogen and oxygen atoms in total. The quantitative estimate of drug-likeness (QED) is 0.445. The van der Waals surface area contributed by atoms with Gasteiger partial charge in [-0.2, -0.15) is 10.4 Å². The third-order valence-corrected chi connectivity index (χ3v) is 7.13. The molecule has 2 aromatic carbocycles. The number of aromatic nitrogens is 2. The highest BCUT2D eigenvalue weighted by Gasteiger charge is 2.29. The Labute approximate surface area is 192 Å². The van der Waals surface area contributed by atoms with Crippen LogP contribution in [0.5, 0.6) is 5.75 Å². The van der Waals surface area contributed by atoms with E-state index in [1.54, 1.807) is 18.0 Å². The average molecular weight is 463 g/mol. The second kappa shape index (κ2) is 9.30. The van der Waals surface area contributed by atoms with Crippen LogP contribution in [0, 0.1) is 11.3 Å². The Morgan fingerprint density at radius 1 is 1.21 bits per heavy atom. The molecule has 1 atom stereocenters. The van der Waals surface area contributed by atoms with Crippen LogP contribution >= 0.6 is 0 Å². The van der Waals surface area contributed by atoms with Crippen LogP contribution in [-0.4, -0.2) is 48.8 Å². The lowest BCUT2D eigenvalue weighted by Gasteiger charge is -2.09. The molecule has 2 heterocycles. The topological polar surface area (TPSA) is 114 Å². The molecule has 9 heteroatoms. The summed E-state index contributed by atoms with van der Waals surface area (Å²) in [5.74, 6) is 0.0184. The lowest BCUT2D eigenvalue weighted by atomic mass is 10.1. The standard InChI is InChI=1S/C24H22N4O4S/c1-32-22-9-7-17(8-10-22)23-19(15-28(27-23)21-5-3-2-4-6-21)13-18(14-25)24(29)26-20-11-12-33(30,31)16-20/h2-10,13,15,20H,11-12,16H2,1H3,(H,26,29). The van der Waals surface area contributed by atoms with Gasteiger partial charge in [0.2, 0.25) is 0 Å². The molecule has 1 aromatic heterocycles. The third kappa shape index (κ3) is 5.13. The van der Waals surface area contributed by atoms with Gasteiger partial charge in [0.15, 0.2) is 9.84 Å². The van der Waals surface area contributed by atoms with Gasteiger partial charge in [-0.05, 0) is 48.9 Å². The van der Waals surface area contributed by atoms with E-state index in [-0.39, 0.29) is 17.1 Å². The molecular weight excluding hydrogens is 440 g/mol. The smallest absolute Gasteiger partial charge is 0.262 e. The van der Waals surface area contributed by atoms with E-state index in [1.165, 1.54) is 6.08 Å². The first-order chi connectivity index (χ1) is 15.9. The van der Waals surface area contributed by atoms with Crippen molar-refractivity contribution in [2.24, 2.45) is 0 Å². The van der Waals surface area contributed by atoms with E-state index >= 15 is 0 Å². The Kier molecular flexibility index (Phi) is 6.29. The SMILES string of the molecule is COc1ccc(-c2nn(-c3ccccc3)cc2C=C(C#N)C(=O)NC2CCS(=O)(=O)C2)cc1. The van der Waals surface area contributed by atoms with Gasteiger partial charge >= 0.3 is 0 Å². The summed E-state index contributed by atoms with van der Waals surface area (Å²) in [5.41, 5.74) is 2.66. The van der Waals surface area contributed by atoms with E-state index in [0.29, 0.717) is 23.4 Å². The Morgan fingerprint density at radius 2 is 1.94 bits per heavy atom. The van der Waals surface area contributed by atoms with Crippen LogP contribution in [0.25, 0.3) is 23.0 Å². The number of rotatable bonds is 6. The van der Waals surface area contributed by atoms with Gasteiger partial charge in [0.1, 0.15) is 17.4 Å². The molecule has 168 valence electrons. The third-order valence-electron chi connectivity index (χ3n) is 5.36. The normalized spacial score (nSPS) is 17.3. The van der Waals surface area contributed by atoms with Crippen LogP contribution in [0.3, 0.4) is 0 Å². The maximum absolute atomic E-state index is 12.7. The second-order valence-corrected chi connectivity index (χ2v) is 9.91. The van der Waals surface area contributed by atoms with Gasteiger partial charge < -0.3 is 10.1 Å². The number of ether oxygens (including phenoxy) is 1. The molecular formula is C24H22N4O4S. The number of carbonyl (C=O) groups excluding carboxylic acids is 1. The van der Waals surface area contributed by atoms with Crippen LogP contribution in [0.4, 0.5) is 0 Å². The number of carbonyl (C=O) groups is 1. The summed E-state index contributed by atoms with van der Waals surface area (Å²) in [4.78, 5) is 12.7. The first-order valence-corrected chi connectivity index (χ1v) is 12.1. The van der Waals surface area contributed by atoms with Crippen molar-refractivity contribution in [1.29, 1.82) is 5.26 Å². The van der Waals surface area contributed by atoms with Crippen molar-refractivity contribution >= 4 is 21.8 Å². The zero-order valence-electron chi connectivity index (χ0n) is 17.9. The first-order valence-electron chi connectivity index (χ1n) is 10.3. The Hall–Kier alpha value is -3.90. The van der Waals surface area contributed by atoms with Gasteiger partial charge in [-0.25, -0.2) is 13.1 Å². The van der Waals surface area contributed by atoms with E-state index < -0.39 is 21.8 Å². The fourth-order valence-corrected chi connectivity index (χ4v) is 5.33. The van der Waals surface area contributed by atoms with Crippen molar-refractivity contribution in [3.8, 4) is 28.8 Å². The molecule has 1 amide bonds. The molecule has 0 saturated carbocycles. The zero-order valence-corrected chi connectivity index (χ0v) is 18.7. The average Bonchev–Trinajstić information content (AvgIpc) is 3.40. The number of hydrogen-bond donors (Lipinski definition) is 1. The number of amides is 1. The molecule has 0 spiro atoms. The molecule has 1 aliphatic heterocycles. The van der Waals surface area contributed by atoms with E-state index in [2.05, 4.69) is 10.4 Å². The highest BCUT2D eigenvalue weighted by atomic mass is 32.2. The van der Waals surface area contributed by atoms with Crippen molar-refractivity contribution in [3.63, 3.8) is 0 Å². The molecule has 4 rings (SSSR count). The van der Waals surface area contributed by atoms with Gasteiger partial charge in [-0.3, -0.25) is 4.79 Å². The largest absolute Gasteiger partial charge is 0.497 e. The van der Waals surface area contributed by atoms with Gasteiger partial charge in [0.05, 0.1) is 30.0 Å². The number of sulfone groups is 1. The molecule has 0 bridgehead atoms. The minimum absolute atomic E-state index is 0.0367. The summed E-state index contributed by atoms with van der Waals surface area (Å²) < 4.78 is 30.3. The predicted octanol–water partition coefficient (Wildman–Crippen LogP) is 2.76. The molecule has 3 aromatic rings.